The summed E-state index contributed by atoms with van der Waals surface area (Å²) in [5, 5.41) is 13.5. The number of halogens is 1. The molecule has 0 aliphatic heterocycles. The van der Waals surface area contributed by atoms with Gasteiger partial charge >= 0.3 is 51.4 Å². The number of hydrogen-bond donors (Lipinski definition) is 3. The molecule has 0 saturated heterocycles. The fourth-order valence-corrected chi connectivity index (χ4v) is 0. The first-order valence-electron chi connectivity index (χ1n) is 0.705. The van der Waals surface area contributed by atoms with Gasteiger partial charge in [-0.2, -0.15) is 0 Å². The summed E-state index contributed by atoms with van der Waals surface area (Å²) in [7, 11) is 1.00. The molecule has 6 heteroatoms. The van der Waals surface area contributed by atoms with E-state index in [2.05, 4.69) is 5.90 Å². The molecule has 0 aliphatic carbocycles. The molecule has 0 radical (unpaired) electrons. The number of aliphatic hydroxyl groups is 1. The molecule has 0 aromatic heterocycles. The summed E-state index contributed by atoms with van der Waals surface area (Å²) in [6.07, 6.45) is 0. The van der Waals surface area contributed by atoms with Crippen LogP contribution in [0.4, 0.5) is 0 Å². The van der Waals surface area contributed by atoms with Crippen molar-refractivity contribution < 1.29 is 67.2 Å². The van der Waals surface area contributed by atoms with Crippen LogP contribution in [0.15, 0.2) is 0 Å². The van der Waals surface area contributed by atoms with E-state index in [9.17, 15) is 0 Å². The molecule has 0 unspecified atom stereocenters. The van der Waals surface area contributed by atoms with Crippen molar-refractivity contribution in [3.8, 4) is 0 Å². The zero-order valence-electron chi connectivity index (χ0n) is 4.33. The molecule has 0 fully saturated rings. The molecule has 0 aromatic carbocycles. The Morgan fingerprint density at radius 1 is 1.14 bits per heavy atom. The Balaban J connectivity index is -0.00000000267. The summed E-state index contributed by atoms with van der Waals surface area (Å²) in [6.45, 7) is 0. The SMILES string of the molecule is CO.Cl.NO.[K+].[OH-]. The third-order valence-electron chi connectivity index (χ3n) is 0. The van der Waals surface area contributed by atoms with Crippen LogP contribution in [0.3, 0.4) is 0 Å². The van der Waals surface area contributed by atoms with Gasteiger partial charge in [-0.15, -0.1) is 12.4 Å². The summed E-state index contributed by atoms with van der Waals surface area (Å²) in [5.74, 6) is 3.50. The van der Waals surface area contributed by atoms with Crippen LogP contribution >= 0.6 is 12.4 Å². The summed E-state index contributed by atoms with van der Waals surface area (Å²) < 4.78 is 0. The van der Waals surface area contributed by atoms with Gasteiger partial charge in [0.25, 0.3) is 0 Å². The van der Waals surface area contributed by atoms with Crippen molar-refractivity contribution in [2.45, 2.75) is 0 Å². The third kappa shape index (κ3) is 82.8. The van der Waals surface area contributed by atoms with Crippen LogP contribution in [0, 0.1) is 0 Å². The molecule has 44 valence electrons. The van der Waals surface area contributed by atoms with E-state index in [0.717, 1.165) is 7.11 Å². The standard InChI is InChI=1S/CH4O.ClH.K.H3NO.H2O/c1-2;;;1-2;/h2H,1H3;1H;;2H,1H2;1H2/q;;+1;;/p-1. The van der Waals surface area contributed by atoms with Crippen molar-refractivity contribution in [2.75, 3.05) is 7.11 Å². The molecule has 0 bridgehead atoms. The third-order valence-corrected chi connectivity index (χ3v) is 0. The van der Waals surface area contributed by atoms with E-state index in [1.807, 2.05) is 0 Å². The first-order valence-corrected chi connectivity index (χ1v) is 0.705. The van der Waals surface area contributed by atoms with Gasteiger partial charge in [-0.05, 0) is 0 Å². The Labute approximate surface area is 91.2 Å². The zero-order valence-corrected chi connectivity index (χ0v) is 8.27. The van der Waals surface area contributed by atoms with Crippen LogP contribution in [0.2, 0.25) is 0 Å². The normalized spacial score (nSPS) is 1.71. The molecule has 0 aromatic rings. The number of hydrogen-bond acceptors (Lipinski definition) is 4. The van der Waals surface area contributed by atoms with Crippen molar-refractivity contribution in [3.63, 3.8) is 0 Å². The maximum absolute atomic E-state index is 7.00. The molecule has 5 N–H and O–H groups in total. The molecule has 0 spiro atoms. The van der Waals surface area contributed by atoms with Crippen LogP contribution in [0.25, 0.3) is 0 Å². The van der Waals surface area contributed by atoms with Crippen LogP contribution in [-0.4, -0.2) is 22.9 Å². The Hall–Kier alpha value is 1.77. The Morgan fingerprint density at radius 2 is 1.14 bits per heavy atom. The van der Waals surface area contributed by atoms with E-state index in [1.165, 1.54) is 0 Å². The monoisotopic (exact) mass is 157 g/mol. The molecular formula is CH9ClKNO3. The first kappa shape index (κ1) is 37.3. The van der Waals surface area contributed by atoms with E-state index in [-0.39, 0.29) is 69.3 Å². The number of nitrogens with two attached hydrogens (primary N) is 1. The molecule has 4 nitrogen and oxygen atoms in total. The van der Waals surface area contributed by atoms with Crippen LogP contribution in [0.1, 0.15) is 0 Å². The minimum absolute atomic E-state index is 0. The van der Waals surface area contributed by atoms with Crippen LogP contribution < -0.4 is 57.3 Å². The number of aliphatic hydroxyl groups excluding tert-OH is 1. The molecule has 0 aliphatic rings. The van der Waals surface area contributed by atoms with Gasteiger partial charge in [-0.1, -0.05) is 0 Å². The smallest absolute Gasteiger partial charge is 0.870 e. The van der Waals surface area contributed by atoms with Gasteiger partial charge in [0.15, 0.2) is 0 Å². The molecule has 0 rings (SSSR count). The minimum atomic E-state index is 0. The molecule has 0 atom stereocenters. The van der Waals surface area contributed by atoms with Crippen molar-refractivity contribution in [2.24, 2.45) is 5.90 Å². The van der Waals surface area contributed by atoms with E-state index in [4.69, 9.17) is 10.3 Å². The largest absolute Gasteiger partial charge is 1.00 e. The summed E-state index contributed by atoms with van der Waals surface area (Å²) in [5.41, 5.74) is 0. The number of rotatable bonds is 0. The molecule has 0 amide bonds. The van der Waals surface area contributed by atoms with E-state index < -0.39 is 0 Å². The van der Waals surface area contributed by atoms with Gasteiger partial charge < -0.3 is 15.8 Å². The summed E-state index contributed by atoms with van der Waals surface area (Å²) in [6, 6.07) is 0. The molecule has 0 saturated carbocycles. The fraction of sp³-hybridized carbons (Fsp3) is 1.00. The van der Waals surface area contributed by atoms with Crippen molar-refractivity contribution >= 4 is 12.4 Å². The van der Waals surface area contributed by atoms with Gasteiger partial charge in [0.2, 0.25) is 0 Å². The van der Waals surface area contributed by atoms with E-state index >= 15 is 0 Å². The topological polar surface area (TPSA) is 96.5 Å². The summed E-state index contributed by atoms with van der Waals surface area (Å²) >= 11 is 0. The Kier molecular flexibility index (Phi) is 607. The van der Waals surface area contributed by atoms with Gasteiger partial charge in [0.1, 0.15) is 0 Å². The fourth-order valence-electron chi connectivity index (χ4n) is 0. The predicted octanol–water partition coefficient (Wildman–Crippen LogP) is -3.81. The molecule has 7 heavy (non-hydrogen) atoms. The molecule has 0 heterocycles. The van der Waals surface area contributed by atoms with E-state index in [1.54, 1.807) is 0 Å². The maximum Gasteiger partial charge on any atom is 1.00 e. The Bertz CT molecular complexity index is 14.9. The quantitative estimate of drug-likeness (QED) is 0.248. The average molecular weight is 158 g/mol. The summed E-state index contributed by atoms with van der Waals surface area (Å²) in [4.78, 5) is 0. The zero-order chi connectivity index (χ0) is 4.00. The molecular weight excluding hydrogens is 149 g/mol. The second-order valence-corrected chi connectivity index (χ2v) is 0. The minimum Gasteiger partial charge on any atom is -0.870 e. The average Bonchev–Trinajstić information content (AvgIpc) is 1.50. The predicted molar refractivity (Wildman–Crippen MR) is 23.3 cm³/mol. The van der Waals surface area contributed by atoms with Gasteiger partial charge in [-0.3, -0.25) is 0 Å². The van der Waals surface area contributed by atoms with Gasteiger partial charge in [-0.25, -0.2) is 5.90 Å². The second-order valence-electron chi connectivity index (χ2n) is 0. The Morgan fingerprint density at radius 3 is 1.14 bits per heavy atom. The van der Waals surface area contributed by atoms with Crippen LogP contribution in [0.5, 0.6) is 0 Å². The van der Waals surface area contributed by atoms with Crippen LogP contribution in [-0.2, 0) is 0 Å². The van der Waals surface area contributed by atoms with Gasteiger partial charge in [0, 0.05) is 7.11 Å². The van der Waals surface area contributed by atoms with Gasteiger partial charge in [0.05, 0.1) is 0 Å². The first-order chi connectivity index (χ1) is 2.00. The van der Waals surface area contributed by atoms with Crippen molar-refractivity contribution in [1.29, 1.82) is 0 Å². The van der Waals surface area contributed by atoms with Crippen molar-refractivity contribution in [3.05, 3.63) is 0 Å². The van der Waals surface area contributed by atoms with Crippen molar-refractivity contribution in [1.82, 2.24) is 0 Å². The van der Waals surface area contributed by atoms with E-state index in [0.29, 0.717) is 0 Å². The maximum atomic E-state index is 7.00. The second kappa shape index (κ2) is 114.